The lowest BCUT2D eigenvalue weighted by Gasteiger charge is -2.59. The van der Waals surface area contributed by atoms with Gasteiger partial charge in [0, 0.05) is 6.42 Å². The van der Waals surface area contributed by atoms with Crippen molar-refractivity contribution in [1.29, 1.82) is 0 Å². The number of aliphatic hydroxyl groups excluding tert-OH is 1. The number of halogens is 1. The molecule has 4 heteroatoms. The summed E-state index contributed by atoms with van der Waals surface area (Å²) >= 11 is 0. The standard InChI is InChI=1S/C34H51FO3/c1-22(10-9-17-32(2,3)37)24-13-14-25-30-26(15-18-33(24,25)4)34(5)19-16-29(31(36)27(34)20-28(30)35)38-21-23-11-7-6-8-12-23/h6-8,11-12,22,24-27,29,31,36-37H,9-10,13-21H2,1-5H3/t22-,24-,25+,26+,27+,29+,31-,33-,34-/m1/s1. The molecule has 38 heavy (non-hydrogen) atoms. The van der Waals surface area contributed by atoms with Crippen LogP contribution in [-0.4, -0.2) is 28.0 Å². The maximum absolute atomic E-state index is 16.2. The van der Waals surface area contributed by atoms with Gasteiger partial charge in [-0.3, -0.25) is 0 Å². The van der Waals surface area contributed by atoms with Crippen LogP contribution in [0.25, 0.3) is 0 Å². The Hall–Kier alpha value is -1.23. The lowest BCUT2D eigenvalue weighted by molar-refractivity contribution is -0.152. The molecule has 0 saturated heterocycles. The fraction of sp³-hybridized carbons (Fsp3) is 0.765. The summed E-state index contributed by atoms with van der Waals surface area (Å²) in [5, 5.41) is 21.6. The summed E-state index contributed by atoms with van der Waals surface area (Å²) in [7, 11) is 0. The van der Waals surface area contributed by atoms with E-state index in [1.165, 1.54) is 6.42 Å². The Kier molecular flexibility index (Phi) is 7.92. The van der Waals surface area contributed by atoms with Gasteiger partial charge in [-0.05, 0) is 110 Å². The van der Waals surface area contributed by atoms with E-state index in [0.29, 0.717) is 30.8 Å². The van der Waals surface area contributed by atoms with Crippen molar-refractivity contribution in [3.63, 3.8) is 0 Å². The third-order valence-corrected chi connectivity index (χ3v) is 11.7. The number of hydrogen-bond acceptors (Lipinski definition) is 3. The largest absolute Gasteiger partial charge is 0.390 e. The van der Waals surface area contributed by atoms with Crippen molar-refractivity contribution >= 4 is 0 Å². The number of fused-ring (bicyclic) bond motifs is 5. The molecular weight excluding hydrogens is 475 g/mol. The average molecular weight is 527 g/mol. The van der Waals surface area contributed by atoms with Crippen molar-refractivity contribution in [3.05, 3.63) is 47.3 Å². The van der Waals surface area contributed by atoms with E-state index >= 15 is 4.39 Å². The Balaban J connectivity index is 1.30. The lowest BCUT2D eigenvalue weighted by Crippen LogP contribution is -2.56. The molecule has 4 aliphatic rings. The third-order valence-electron chi connectivity index (χ3n) is 11.7. The summed E-state index contributed by atoms with van der Waals surface area (Å²) in [6.07, 6.45) is 8.87. The van der Waals surface area contributed by atoms with E-state index < -0.39 is 11.7 Å². The molecule has 4 aliphatic carbocycles. The van der Waals surface area contributed by atoms with Gasteiger partial charge in [-0.25, -0.2) is 4.39 Å². The molecule has 0 unspecified atom stereocenters. The fourth-order valence-corrected chi connectivity index (χ4v) is 9.56. The molecule has 0 bridgehead atoms. The van der Waals surface area contributed by atoms with Gasteiger partial charge in [0.2, 0.25) is 0 Å². The Morgan fingerprint density at radius 2 is 1.71 bits per heavy atom. The Bertz CT molecular complexity index is 999. The van der Waals surface area contributed by atoms with Crippen molar-refractivity contribution in [2.24, 2.45) is 40.4 Å². The van der Waals surface area contributed by atoms with Crippen LogP contribution in [0.1, 0.15) is 104 Å². The van der Waals surface area contributed by atoms with E-state index in [9.17, 15) is 10.2 Å². The van der Waals surface area contributed by atoms with E-state index in [1.807, 2.05) is 32.0 Å². The third kappa shape index (κ3) is 5.15. The molecule has 2 N–H and O–H groups in total. The van der Waals surface area contributed by atoms with E-state index in [-0.39, 0.29) is 34.6 Å². The van der Waals surface area contributed by atoms with Crippen molar-refractivity contribution < 1.29 is 19.3 Å². The molecule has 3 fully saturated rings. The van der Waals surface area contributed by atoms with Gasteiger partial charge >= 0.3 is 0 Å². The Labute approximate surface area is 230 Å². The number of allylic oxidation sites excluding steroid dienone is 2. The normalized spacial score (nSPS) is 39.9. The van der Waals surface area contributed by atoms with Gasteiger partial charge in [0.1, 0.15) is 5.83 Å². The molecule has 1 aromatic carbocycles. The van der Waals surface area contributed by atoms with E-state index in [0.717, 1.165) is 62.5 Å². The van der Waals surface area contributed by atoms with Crippen LogP contribution in [0.4, 0.5) is 4.39 Å². The first-order valence-electron chi connectivity index (χ1n) is 15.4. The van der Waals surface area contributed by atoms with Crippen molar-refractivity contribution in [2.75, 3.05) is 0 Å². The van der Waals surface area contributed by atoms with Crippen molar-refractivity contribution in [1.82, 2.24) is 0 Å². The molecule has 1 aromatic rings. The summed E-state index contributed by atoms with van der Waals surface area (Å²) < 4.78 is 22.4. The zero-order chi connectivity index (χ0) is 27.3. The second kappa shape index (κ2) is 10.6. The van der Waals surface area contributed by atoms with Crippen LogP contribution < -0.4 is 0 Å². The van der Waals surface area contributed by atoms with Crippen LogP contribution in [0, 0.1) is 40.4 Å². The maximum atomic E-state index is 16.2. The smallest absolute Gasteiger partial charge is 0.100 e. The fourth-order valence-electron chi connectivity index (χ4n) is 9.56. The van der Waals surface area contributed by atoms with Gasteiger partial charge in [0.25, 0.3) is 0 Å². The summed E-state index contributed by atoms with van der Waals surface area (Å²) in [4.78, 5) is 0. The topological polar surface area (TPSA) is 49.7 Å². The summed E-state index contributed by atoms with van der Waals surface area (Å²) in [5.41, 5.74) is 1.75. The minimum Gasteiger partial charge on any atom is -0.390 e. The highest BCUT2D eigenvalue weighted by Crippen LogP contribution is 2.68. The summed E-state index contributed by atoms with van der Waals surface area (Å²) in [5.74, 6) is 1.81. The number of benzene rings is 1. The van der Waals surface area contributed by atoms with Crippen molar-refractivity contribution in [3.8, 4) is 0 Å². The number of aliphatic hydroxyl groups is 2. The predicted octanol–water partition coefficient (Wildman–Crippen LogP) is 8.00. The molecule has 0 aromatic heterocycles. The van der Waals surface area contributed by atoms with Gasteiger partial charge in [0.15, 0.2) is 0 Å². The molecule has 3 saturated carbocycles. The van der Waals surface area contributed by atoms with Crippen LogP contribution >= 0.6 is 0 Å². The number of hydrogen-bond donors (Lipinski definition) is 2. The Morgan fingerprint density at radius 3 is 2.42 bits per heavy atom. The second-order valence-electron chi connectivity index (χ2n) is 14.6. The summed E-state index contributed by atoms with van der Waals surface area (Å²) in [6.45, 7) is 11.5. The molecule has 0 amide bonds. The van der Waals surface area contributed by atoms with Gasteiger partial charge in [0.05, 0.1) is 24.4 Å². The van der Waals surface area contributed by atoms with Crippen LogP contribution in [0.2, 0.25) is 0 Å². The van der Waals surface area contributed by atoms with E-state index in [4.69, 9.17) is 4.74 Å². The molecule has 0 heterocycles. The molecule has 0 spiro atoms. The van der Waals surface area contributed by atoms with Gasteiger partial charge in [-0.1, -0.05) is 63.9 Å². The number of ether oxygens (including phenoxy) is 1. The average Bonchev–Trinajstić information content (AvgIpc) is 3.22. The van der Waals surface area contributed by atoms with Crippen molar-refractivity contribution in [2.45, 2.75) is 123 Å². The predicted molar refractivity (Wildman–Crippen MR) is 151 cm³/mol. The summed E-state index contributed by atoms with van der Waals surface area (Å²) in [6, 6.07) is 10.1. The number of rotatable bonds is 8. The SMILES string of the molecule is C[C@H](CCCC(C)(C)O)[C@H]1CC[C@H]2C3=C(F)C[C@H]4[C@@H](O)[C@@H](OCc5ccccc5)CC[C@]4(C)[C@H]3CC[C@]12C. The molecule has 0 aliphatic heterocycles. The van der Waals surface area contributed by atoms with Gasteiger partial charge in [-0.15, -0.1) is 0 Å². The zero-order valence-electron chi connectivity index (χ0n) is 24.4. The second-order valence-corrected chi connectivity index (χ2v) is 14.6. The quantitative estimate of drug-likeness (QED) is 0.361. The lowest BCUT2D eigenvalue weighted by atomic mass is 9.47. The first-order valence-corrected chi connectivity index (χ1v) is 15.4. The molecule has 0 radical (unpaired) electrons. The van der Waals surface area contributed by atoms with Gasteiger partial charge < -0.3 is 14.9 Å². The highest BCUT2D eigenvalue weighted by molar-refractivity contribution is 5.31. The van der Waals surface area contributed by atoms with E-state index in [2.05, 4.69) is 32.9 Å². The highest BCUT2D eigenvalue weighted by atomic mass is 19.1. The van der Waals surface area contributed by atoms with Crippen LogP contribution in [0.5, 0.6) is 0 Å². The molecule has 212 valence electrons. The van der Waals surface area contributed by atoms with Crippen LogP contribution in [-0.2, 0) is 11.3 Å². The molecule has 9 atom stereocenters. The molecular formula is C34H51FO3. The Morgan fingerprint density at radius 1 is 1.03 bits per heavy atom. The van der Waals surface area contributed by atoms with E-state index in [1.54, 1.807) is 0 Å². The molecule has 3 nitrogen and oxygen atoms in total. The zero-order valence-corrected chi connectivity index (χ0v) is 24.4. The molecule has 5 rings (SSSR count). The van der Waals surface area contributed by atoms with Crippen LogP contribution in [0.3, 0.4) is 0 Å². The first kappa shape index (κ1) is 28.3. The highest BCUT2D eigenvalue weighted by Gasteiger charge is 2.61. The minimum absolute atomic E-state index is 0.0608. The van der Waals surface area contributed by atoms with Gasteiger partial charge in [-0.2, -0.15) is 0 Å². The maximum Gasteiger partial charge on any atom is 0.100 e. The first-order chi connectivity index (χ1) is 17.9. The monoisotopic (exact) mass is 526 g/mol. The minimum atomic E-state index is -0.620. The van der Waals surface area contributed by atoms with Crippen LogP contribution in [0.15, 0.2) is 41.7 Å².